The predicted molar refractivity (Wildman–Crippen MR) is 86.1 cm³/mol. The molecule has 0 aliphatic carbocycles. The highest BCUT2D eigenvalue weighted by atomic mass is 35.5. The van der Waals surface area contributed by atoms with Crippen LogP contribution in [0, 0.1) is 5.92 Å². The van der Waals surface area contributed by atoms with Crippen LogP contribution in [0.25, 0.3) is 0 Å². The molecule has 1 amide bonds. The Balaban J connectivity index is 3.07. The van der Waals surface area contributed by atoms with E-state index in [1.807, 2.05) is 13.8 Å². The molecule has 0 fully saturated rings. The lowest BCUT2D eigenvalue weighted by Crippen LogP contribution is -2.48. The summed E-state index contributed by atoms with van der Waals surface area (Å²) in [5.41, 5.74) is 0.372. The molecule has 5 nitrogen and oxygen atoms in total. The lowest BCUT2D eigenvalue weighted by atomic mass is 10.2. The molecular formula is C14H21ClN2O3S. The monoisotopic (exact) mass is 332 g/mol. The molecule has 1 rings (SSSR count). The minimum atomic E-state index is -3.60. The van der Waals surface area contributed by atoms with Crippen molar-refractivity contribution < 1.29 is 13.2 Å². The average Bonchev–Trinajstić information content (AvgIpc) is 2.34. The summed E-state index contributed by atoms with van der Waals surface area (Å²) in [7, 11) is -3.60. The van der Waals surface area contributed by atoms with E-state index in [2.05, 4.69) is 5.32 Å². The number of rotatable bonds is 6. The van der Waals surface area contributed by atoms with E-state index in [4.69, 9.17) is 11.6 Å². The van der Waals surface area contributed by atoms with Crippen molar-refractivity contribution in [3.8, 4) is 0 Å². The first-order valence-corrected chi connectivity index (χ1v) is 8.88. The van der Waals surface area contributed by atoms with E-state index in [1.165, 1.54) is 6.07 Å². The maximum absolute atomic E-state index is 12.1. The SMILES string of the molecule is CC(C)CNC(=O)[C@@H](C)N(c1cccc(Cl)c1)S(C)(=O)=O. The second-order valence-corrected chi connectivity index (χ2v) is 7.65. The Labute approximate surface area is 131 Å². The van der Waals surface area contributed by atoms with Crippen LogP contribution in [-0.4, -0.2) is 33.2 Å². The zero-order chi connectivity index (χ0) is 16.2. The van der Waals surface area contributed by atoms with Crippen LogP contribution in [0.5, 0.6) is 0 Å². The standard InChI is InChI=1S/C14H21ClN2O3S/c1-10(2)9-16-14(18)11(3)17(21(4,19)20)13-7-5-6-12(15)8-13/h5-8,10-11H,9H2,1-4H3,(H,16,18)/t11-/m1/s1. The Morgan fingerprint density at radius 3 is 2.43 bits per heavy atom. The second-order valence-electron chi connectivity index (χ2n) is 5.35. The number of benzene rings is 1. The molecule has 1 atom stereocenters. The summed E-state index contributed by atoms with van der Waals surface area (Å²) in [6.45, 7) is 5.99. The van der Waals surface area contributed by atoms with Crippen molar-refractivity contribution in [2.75, 3.05) is 17.1 Å². The van der Waals surface area contributed by atoms with Gasteiger partial charge in [0.2, 0.25) is 15.9 Å². The highest BCUT2D eigenvalue weighted by Crippen LogP contribution is 2.24. The number of halogens is 1. The fourth-order valence-electron chi connectivity index (χ4n) is 1.87. The van der Waals surface area contributed by atoms with Crippen LogP contribution in [0.1, 0.15) is 20.8 Å². The number of hydrogen-bond donors (Lipinski definition) is 1. The third kappa shape index (κ3) is 5.21. The van der Waals surface area contributed by atoms with Gasteiger partial charge in [-0.1, -0.05) is 31.5 Å². The maximum Gasteiger partial charge on any atom is 0.243 e. The number of nitrogens with one attached hydrogen (secondary N) is 1. The van der Waals surface area contributed by atoms with Crippen LogP contribution in [-0.2, 0) is 14.8 Å². The van der Waals surface area contributed by atoms with Gasteiger partial charge in [-0.2, -0.15) is 0 Å². The number of carbonyl (C=O) groups is 1. The molecule has 1 N–H and O–H groups in total. The van der Waals surface area contributed by atoms with E-state index >= 15 is 0 Å². The largest absolute Gasteiger partial charge is 0.354 e. The zero-order valence-electron chi connectivity index (χ0n) is 12.6. The molecule has 0 spiro atoms. The quantitative estimate of drug-likeness (QED) is 0.869. The minimum absolute atomic E-state index is 0.291. The molecule has 7 heteroatoms. The minimum Gasteiger partial charge on any atom is -0.354 e. The first-order chi connectivity index (χ1) is 9.62. The fraction of sp³-hybridized carbons (Fsp3) is 0.500. The van der Waals surface area contributed by atoms with Crippen LogP contribution < -0.4 is 9.62 Å². The average molecular weight is 333 g/mol. The molecule has 1 aromatic rings. The van der Waals surface area contributed by atoms with E-state index in [1.54, 1.807) is 25.1 Å². The Hall–Kier alpha value is -1.27. The van der Waals surface area contributed by atoms with Crippen molar-refractivity contribution in [3.05, 3.63) is 29.3 Å². The number of sulfonamides is 1. The van der Waals surface area contributed by atoms with Gasteiger partial charge in [0.25, 0.3) is 0 Å². The van der Waals surface area contributed by atoms with Gasteiger partial charge in [0.15, 0.2) is 0 Å². The Morgan fingerprint density at radius 1 is 1.33 bits per heavy atom. The third-order valence-electron chi connectivity index (χ3n) is 2.84. The van der Waals surface area contributed by atoms with Crippen molar-refractivity contribution in [1.82, 2.24) is 5.32 Å². The van der Waals surface area contributed by atoms with Gasteiger partial charge >= 0.3 is 0 Å². The molecule has 0 saturated heterocycles. The smallest absolute Gasteiger partial charge is 0.243 e. The molecule has 0 aromatic heterocycles. The molecular weight excluding hydrogens is 312 g/mol. The number of anilines is 1. The molecule has 0 saturated carbocycles. The van der Waals surface area contributed by atoms with Gasteiger partial charge in [0, 0.05) is 11.6 Å². The predicted octanol–water partition coefficient (Wildman–Crippen LogP) is 2.27. The molecule has 1 aromatic carbocycles. The fourth-order valence-corrected chi connectivity index (χ4v) is 3.23. The van der Waals surface area contributed by atoms with Crippen LogP contribution in [0.2, 0.25) is 5.02 Å². The maximum atomic E-state index is 12.1. The van der Waals surface area contributed by atoms with Crippen LogP contribution in [0.4, 0.5) is 5.69 Å². The number of carbonyl (C=O) groups excluding carboxylic acids is 1. The summed E-state index contributed by atoms with van der Waals surface area (Å²) in [6.07, 6.45) is 1.07. The van der Waals surface area contributed by atoms with E-state index in [9.17, 15) is 13.2 Å². The molecule has 0 radical (unpaired) electrons. The van der Waals surface area contributed by atoms with E-state index in [-0.39, 0.29) is 5.91 Å². The highest BCUT2D eigenvalue weighted by Gasteiger charge is 2.29. The van der Waals surface area contributed by atoms with E-state index in [0.717, 1.165) is 10.6 Å². The lowest BCUT2D eigenvalue weighted by Gasteiger charge is -2.28. The first kappa shape index (κ1) is 17.8. The van der Waals surface area contributed by atoms with Crippen molar-refractivity contribution in [2.24, 2.45) is 5.92 Å². The Bertz CT molecular complexity index is 602. The van der Waals surface area contributed by atoms with E-state index < -0.39 is 16.1 Å². The number of nitrogens with zero attached hydrogens (tertiary/aromatic N) is 1. The van der Waals surface area contributed by atoms with Gasteiger partial charge in [0.05, 0.1) is 11.9 Å². The Kier molecular flexibility index (Phi) is 6.04. The van der Waals surface area contributed by atoms with Gasteiger partial charge in [-0.15, -0.1) is 0 Å². The molecule has 0 aliphatic heterocycles. The normalized spacial score (nSPS) is 13.0. The van der Waals surface area contributed by atoms with Crippen molar-refractivity contribution in [3.63, 3.8) is 0 Å². The van der Waals surface area contributed by atoms with Crippen molar-refractivity contribution in [1.29, 1.82) is 0 Å². The number of hydrogen-bond acceptors (Lipinski definition) is 3. The van der Waals surface area contributed by atoms with Crippen molar-refractivity contribution >= 4 is 33.2 Å². The van der Waals surface area contributed by atoms with Gasteiger partial charge < -0.3 is 5.32 Å². The third-order valence-corrected chi connectivity index (χ3v) is 4.31. The van der Waals surface area contributed by atoms with E-state index in [0.29, 0.717) is 23.2 Å². The summed E-state index contributed by atoms with van der Waals surface area (Å²) in [5, 5.41) is 3.15. The zero-order valence-corrected chi connectivity index (χ0v) is 14.2. The van der Waals surface area contributed by atoms with Gasteiger partial charge in [-0.3, -0.25) is 9.10 Å². The van der Waals surface area contributed by atoms with Crippen LogP contribution in [0.3, 0.4) is 0 Å². The number of amides is 1. The van der Waals surface area contributed by atoms with Gasteiger partial charge in [-0.25, -0.2) is 8.42 Å². The summed E-state index contributed by atoms with van der Waals surface area (Å²) >= 11 is 5.90. The summed E-state index contributed by atoms with van der Waals surface area (Å²) in [5.74, 6) is -0.0481. The summed E-state index contributed by atoms with van der Waals surface area (Å²) < 4.78 is 25.1. The summed E-state index contributed by atoms with van der Waals surface area (Å²) in [6, 6.07) is 5.58. The highest BCUT2D eigenvalue weighted by molar-refractivity contribution is 7.92. The molecule has 0 heterocycles. The topological polar surface area (TPSA) is 66.5 Å². The molecule has 0 bridgehead atoms. The molecule has 0 unspecified atom stereocenters. The van der Waals surface area contributed by atoms with Gasteiger partial charge in [-0.05, 0) is 31.0 Å². The van der Waals surface area contributed by atoms with Gasteiger partial charge in [0.1, 0.15) is 6.04 Å². The van der Waals surface area contributed by atoms with Crippen molar-refractivity contribution in [2.45, 2.75) is 26.8 Å². The molecule has 21 heavy (non-hydrogen) atoms. The Morgan fingerprint density at radius 2 is 1.95 bits per heavy atom. The molecule has 118 valence electrons. The lowest BCUT2D eigenvalue weighted by molar-refractivity contribution is -0.121. The van der Waals surface area contributed by atoms with Crippen LogP contribution >= 0.6 is 11.6 Å². The second kappa shape index (κ2) is 7.13. The first-order valence-electron chi connectivity index (χ1n) is 6.65. The van der Waals surface area contributed by atoms with Crippen LogP contribution in [0.15, 0.2) is 24.3 Å². The molecule has 0 aliphatic rings. The summed E-state index contributed by atoms with van der Waals surface area (Å²) in [4.78, 5) is 12.1.